The molecule has 1 heterocycles. The van der Waals surface area contributed by atoms with Crippen molar-refractivity contribution >= 4 is 0 Å². The SMILES string of the molecule is COC1CC(NC2C3CCOC3C2(C)C)C1(C)C. The monoisotopic (exact) mass is 253 g/mol. The van der Waals surface area contributed by atoms with E-state index in [0.29, 0.717) is 24.3 Å². The third-order valence-corrected chi connectivity index (χ3v) is 5.94. The lowest BCUT2D eigenvalue weighted by Crippen LogP contribution is -2.72. The highest BCUT2D eigenvalue weighted by atomic mass is 16.5. The van der Waals surface area contributed by atoms with E-state index >= 15 is 0 Å². The lowest BCUT2D eigenvalue weighted by Gasteiger charge is -2.60. The summed E-state index contributed by atoms with van der Waals surface area (Å²) in [5.74, 6) is 0.734. The highest BCUT2D eigenvalue weighted by Crippen LogP contribution is 2.54. The normalized spacial score (nSPS) is 48.2. The Kier molecular flexibility index (Phi) is 2.82. The molecule has 0 amide bonds. The minimum atomic E-state index is 0.259. The highest BCUT2D eigenvalue weighted by molar-refractivity contribution is 5.14. The summed E-state index contributed by atoms with van der Waals surface area (Å²) in [5, 5.41) is 3.91. The minimum Gasteiger partial charge on any atom is -0.381 e. The summed E-state index contributed by atoms with van der Waals surface area (Å²) >= 11 is 0. The summed E-state index contributed by atoms with van der Waals surface area (Å²) in [6.07, 6.45) is 3.27. The van der Waals surface area contributed by atoms with Crippen molar-refractivity contribution in [1.82, 2.24) is 5.32 Å². The summed E-state index contributed by atoms with van der Waals surface area (Å²) in [7, 11) is 1.83. The van der Waals surface area contributed by atoms with Crippen molar-refractivity contribution in [3.05, 3.63) is 0 Å². The van der Waals surface area contributed by atoms with Crippen LogP contribution in [0.15, 0.2) is 0 Å². The number of hydrogen-bond acceptors (Lipinski definition) is 3. The fourth-order valence-corrected chi connectivity index (χ4v) is 4.45. The van der Waals surface area contributed by atoms with E-state index < -0.39 is 0 Å². The molecule has 5 unspecified atom stereocenters. The van der Waals surface area contributed by atoms with Crippen LogP contribution in [0.2, 0.25) is 0 Å². The van der Waals surface area contributed by atoms with E-state index in [1.807, 2.05) is 7.11 Å². The molecule has 1 saturated heterocycles. The first kappa shape index (κ1) is 12.9. The van der Waals surface area contributed by atoms with Crippen LogP contribution in [0.3, 0.4) is 0 Å². The van der Waals surface area contributed by atoms with Crippen LogP contribution in [0.4, 0.5) is 0 Å². The van der Waals surface area contributed by atoms with Gasteiger partial charge in [0.25, 0.3) is 0 Å². The van der Waals surface area contributed by atoms with Crippen molar-refractivity contribution in [3.63, 3.8) is 0 Å². The summed E-state index contributed by atoms with van der Waals surface area (Å²) < 4.78 is 11.4. The number of fused-ring (bicyclic) bond motifs is 1. The van der Waals surface area contributed by atoms with Gasteiger partial charge in [-0.1, -0.05) is 27.7 Å². The van der Waals surface area contributed by atoms with Crippen molar-refractivity contribution < 1.29 is 9.47 Å². The van der Waals surface area contributed by atoms with Gasteiger partial charge >= 0.3 is 0 Å². The molecule has 0 aromatic carbocycles. The first-order chi connectivity index (χ1) is 8.39. The van der Waals surface area contributed by atoms with Crippen molar-refractivity contribution in [3.8, 4) is 0 Å². The molecule has 0 spiro atoms. The molecule has 0 radical (unpaired) electrons. The van der Waals surface area contributed by atoms with E-state index in [2.05, 4.69) is 33.0 Å². The molecule has 1 aliphatic heterocycles. The summed E-state index contributed by atoms with van der Waals surface area (Å²) in [5.41, 5.74) is 0.546. The number of nitrogens with one attached hydrogen (secondary N) is 1. The Balaban J connectivity index is 1.64. The number of methoxy groups -OCH3 is 1. The van der Waals surface area contributed by atoms with Crippen molar-refractivity contribution in [2.24, 2.45) is 16.7 Å². The molecule has 0 bridgehead atoms. The van der Waals surface area contributed by atoms with E-state index in [4.69, 9.17) is 9.47 Å². The zero-order valence-electron chi connectivity index (χ0n) is 12.3. The number of rotatable bonds is 3. The summed E-state index contributed by atoms with van der Waals surface area (Å²) in [6.45, 7) is 10.3. The second-order valence-electron chi connectivity index (χ2n) is 7.54. The Bertz CT molecular complexity index is 339. The Morgan fingerprint density at radius 3 is 2.50 bits per heavy atom. The molecule has 3 aliphatic rings. The van der Waals surface area contributed by atoms with Gasteiger partial charge in [0, 0.05) is 42.5 Å². The largest absolute Gasteiger partial charge is 0.381 e. The van der Waals surface area contributed by atoms with Gasteiger partial charge < -0.3 is 14.8 Å². The van der Waals surface area contributed by atoms with Crippen LogP contribution in [-0.4, -0.2) is 38.0 Å². The first-order valence-electron chi connectivity index (χ1n) is 7.29. The third-order valence-electron chi connectivity index (χ3n) is 5.94. The Morgan fingerprint density at radius 2 is 1.89 bits per heavy atom. The van der Waals surface area contributed by atoms with E-state index in [1.54, 1.807) is 0 Å². The van der Waals surface area contributed by atoms with Crippen LogP contribution in [0.25, 0.3) is 0 Å². The molecule has 3 rings (SSSR count). The van der Waals surface area contributed by atoms with Gasteiger partial charge in [-0.2, -0.15) is 0 Å². The van der Waals surface area contributed by atoms with Crippen LogP contribution >= 0.6 is 0 Å². The van der Waals surface area contributed by atoms with E-state index in [0.717, 1.165) is 18.9 Å². The number of hydrogen-bond donors (Lipinski definition) is 1. The van der Waals surface area contributed by atoms with Gasteiger partial charge in [0.05, 0.1) is 12.2 Å². The third kappa shape index (κ3) is 1.53. The molecule has 3 nitrogen and oxygen atoms in total. The fourth-order valence-electron chi connectivity index (χ4n) is 4.45. The maximum atomic E-state index is 5.86. The lowest BCUT2D eigenvalue weighted by atomic mass is 9.55. The fraction of sp³-hybridized carbons (Fsp3) is 1.00. The molecular weight excluding hydrogens is 226 g/mol. The van der Waals surface area contributed by atoms with Gasteiger partial charge in [0.15, 0.2) is 0 Å². The molecule has 2 aliphatic carbocycles. The van der Waals surface area contributed by atoms with Crippen molar-refractivity contribution in [1.29, 1.82) is 0 Å². The van der Waals surface area contributed by atoms with Gasteiger partial charge in [0.1, 0.15) is 0 Å². The molecule has 3 heteroatoms. The standard InChI is InChI=1S/C15H27NO2/c1-14(2)10(8-11(14)17-5)16-12-9-6-7-18-13(9)15(12,3)4/h9-13,16H,6-8H2,1-5H3. The molecule has 0 aromatic rings. The molecule has 3 fully saturated rings. The van der Waals surface area contributed by atoms with Crippen LogP contribution in [0.1, 0.15) is 40.5 Å². The maximum absolute atomic E-state index is 5.86. The smallest absolute Gasteiger partial charge is 0.0685 e. The predicted octanol–water partition coefficient (Wildman–Crippen LogP) is 2.20. The second-order valence-corrected chi connectivity index (χ2v) is 7.54. The molecule has 0 aromatic heterocycles. The van der Waals surface area contributed by atoms with Crippen molar-refractivity contribution in [2.75, 3.05) is 13.7 Å². The molecule has 18 heavy (non-hydrogen) atoms. The molecular formula is C15H27NO2. The Labute approximate surface area is 111 Å². The topological polar surface area (TPSA) is 30.5 Å². The predicted molar refractivity (Wildman–Crippen MR) is 71.5 cm³/mol. The van der Waals surface area contributed by atoms with Crippen LogP contribution in [0.5, 0.6) is 0 Å². The van der Waals surface area contributed by atoms with Gasteiger partial charge in [-0.25, -0.2) is 0 Å². The number of ether oxygens (including phenoxy) is 2. The summed E-state index contributed by atoms with van der Waals surface area (Å²) in [4.78, 5) is 0. The second kappa shape index (κ2) is 3.94. The van der Waals surface area contributed by atoms with Gasteiger partial charge in [0.2, 0.25) is 0 Å². The van der Waals surface area contributed by atoms with E-state index in [-0.39, 0.29) is 10.8 Å². The summed E-state index contributed by atoms with van der Waals surface area (Å²) in [6, 6.07) is 1.21. The molecule has 2 saturated carbocycles. The maximum Gasteiger partial charge on any atom is 0.0685 e. The Morgan fingerprint density at radius 1 is 1.17 bits per heavy atom. The van der Waals surface area contributed by atoms with Gasteiger partial charge in [-0.15, -0.1) is 0 Å². The molecule has 1 N–H and O–H groups in total. The highest BCUT2D eigenvalue weighted by Gasteiger charge is 2.61. The van der Waals surface area contributed by atoms with Crippen LogP contribution in [-0.2, 0) is 9.47 Å². The average molecular weight is 253 g/mol. The molecule has 104 valence electrons. The Hall–Kier alpha value is -0.120. The van der Waals surface area contributed by atoms with E-state index in [9.17, 15) is 0 Å². The van der Waals surface area contributed by atoms with Gasteiger partial charge in [-0.3, -0.25) is 0 Å². The lowest BCUT2D eigenvalue weighted by molar-refractivity contribution is -0.148. The van der Waals surface area contributed by atoms with Crippen LogP contribution in [0, 0.1) is 16.7 Å². The van der Waals surface area contributed by atoms with Crippen molar-refractivity contribution in [2.45, 2.75) is 64.8 Å². The quantitative estimate of drug-likeness (QED) is 0.836. The first-order valence-corrected chi connectivity index (χ1v) is 7.29. The van der Waals surface area contributed by atoms with E-state index in [1.165, 1.54) is 6.42 Å². The minimum absolute atomic E-state index is 0.259. The zero-order valence-corrected chi connectivity index (χ0v) is 12.3. The van der Waals surface area contributed by atoms with Gasteiger partial charge in [-0.05, 0) is 12.8 Å². The average Bonchev–Trinajstić information content (AvgIpc) is 2.74. The zero-order chi connectivity index (χ0) is 13.1. The molecule has 5 atom stereocenters. The van der Waals surface area contributed by atoms with Crippen LogP contribution < -0.4 is 5.32 Å².